The van der Waals surface area contributed by atoms with Gasteiger partial charge in [0.1, 0.15) is 5.60 Å². The molecule has 1 N–H and O–H groups in total. The first-order valence-corrected chi connectivity index (χ1v) is 10.0. The number of hydrogen-bond acceptors (Lipinski definition) is 5. The van der Waals surface area contributed by atoms with Crippen LogP contribution in [0.5, 0.6) is 0 Å². The highest BCUT2D eigenvalue weighted by atomic mass is 19.4. The number of alkyl halides is 3. The van der Waals surface area contributed by atoms with Crippen molar-refractivity contribution in [1.29, 1.82) is 0 Å². The molecule has 0 saturated carbocycles. The van der Waals surface area contributed by atoms with Crippen molar-refractivity contribution in [3.8, 4) is 0 Å². The van der Waals surface area contributed by atoms with Crippen LogP contribution in [0.4, 0.5) is 23.7 Å². The Bertz CT molecular complexity index is 752. The highest BCUT2D eigenvalue weighted by Crippen LogP contribution is 2.36. The zero-order valence-electron chi connectivity index (χ0n) is 17.8. The Morgan fingerprint density at radius 1 is 1.17 bits per heavy atom. The first kappa shape index (κ1) is 23.8. The lowest BCUT2D eigenvalue weighted by atomic mass is 9.96. The molecule has 0 radical (unpaired) electrons. The van der Waals surface area contributed by atoms with E-state index < -0.39 is 23.3 Å². The van der Waals surface area contributed by atoms with Gasteiger partial charge in [0.25, 0.3) is 0 Å². The van der Waals surface area contributed by atoms with Gasteiger partial charge in [-0.1, -0.05) is 0 Å². The quantitative estimate of drug-likeness (QED) is 0.670. The molecule has 168 valence electrons. The minimum atomic E-state index is -4.55. The van der Waals surface area contributed by atoms with Crippen LogP contribution in [0.15, 0.2) is 18.2 Å². The number of hydrogen-bond donors (Lipinski definition) is 1. The number of anilines is 1. The van der Waals surface area contributed by atoms with E-state index in [2.05, 4.69) is 5.32 Å². The number of halogens is 3. The van der Waals surface area contributed by atoms with Crippen molar-refractivity contribution in [2.75, 3.05) is 31.6 Å². The van der Waals surface area contributed by atoms with Gasteiger partial charge in [0, 0.05) is 25.3 Å². The fraction of sp³-hybridized carbons (Fsp3) is 0.619. The fourth-order valence-corrected chi connectivity index (χ4v) is 3.18. The van der Waals surface area contributed by atoms with Crippen LogP contribution < -0.4 is 5.32 Å². The Labute approximate surface area is 174 Å². The van der Waals surface area contributed by atoms with E-state index in [-0.39, 0.29) is 29.9 Å². The molecule has 1 amide bonds. The standard InChI is InChI=1S/C21H29F3N2O4/c1-5-29-18(27)15-6-7-16(21(22,23)24)17(12-15)25-13-14-8-10-26(11-9-14)19(28)30-20(2,3)4/h6-7,12,14,25H,5,8-11,13H2,1-4H3. The molecule has 0 atom stereocenters. The highest BCUT2D eigenvalue weighted by Gasteiger charge is 2.34. The maximum absolute atomic E-state index is 13.4. The molecule has 1 aromatic carbocycles. The summed E-state index contributed by atoms with van der Waals surface area (Å²) in [6.45, 7) is 8.42. The van der Waals surface area contributed by atoms with Crippen molar-refractivity contribution >= 4 is 17.7 Å². The lowest BCUT2D eigenvalue weighted by molar-refractivity contribution is -0.137. The molecule has 1 fully saturated rings. The van der Waals surface area contributed by atoms with Crippen LogP contribution >= 0.6 is 0 Å². The molecule has 1 aliphatic heterocycles. The topological polar surface area (TPSA) is 67.9 Å². The van der Waals surface area contributed by atoms with Crippen molar-refractivity contribution < 1.29 is 32.2 Å². The lowest BCUT2D eigenvalue weighted by Gasteiger charge is -2.33. The van der Waals surface area contributed by atoms with Crippen molar-refractivity contribution in [2.45, 2.75) is 52.3 Å². The Balaban J connectivity index is 2.00. The van der Waals surface area contributed by atoms with Gasteiger partial charge >= 0.3 is 18.2 Å². The number of ether oxygens (including phenoxy) is 2. The molecule has 1 heterocycles. The molecule has 0 aromatic heterocycles. The SMILES string of the molecule is CCOC(=O)c1ccc(C(F)(F)F)c(NCC2CCN(C(=O)OC(C)(C)C)CC2)c1. The van der Waals surface area contributed by atoms with E-state index in [1.54, 1.807) is 32.6 Å². The van der Waals surface area contributed by atoms with Crippen LogP contribution in [0.2, 0.25) is 0 Å². The Morgan fingerprint density at radius 3 is 2.33 bits per heavy atom. The van der Waals surface area contributed by atoms with E-state index in [9.17, 15) is 22.8 Å². The predicted molar refractivity (Wildman–Crippen MR) is 106 cm³/mol. The zero-order valence-corrected chi connectivity index (χ0v) is 17.8. The third kappa shape index (κ3) is 6.81. The number of carbonyl (C=O) groups is 2. The van der Waals surface area contributed by atoms with E-state index in [1.807, 2.05) is 0 Å². The van der Waals surface area contributed by atoms with E-state index in [0.29, 0.717) is 32.5 Å². The average molecular weight is 430 g/mol. The molecule has 9 heteroatoms. The van der Waals surface area contributed by atoms with Crippen LogP contribution in [0, 0.1) is 5.92 Å². The fourth-order valence-electron chi connectivity index (χ4n) is 3.18. The molecule has 1 saturated heterocycles. The molecule has 0 aliphatic carbocycles. The molecule has 1 aromatic rings. The molecule has 0 unspecified atom stereocenters. The number of piperidine rings is 1. The third-order valence-corrected chi connectivity index (χ3v) is 4.68. The molecule has 2 rings (SSSR count). The number of amides is 1. The monoisotopic (exact) mass is 430 g/mol. The summed E-state index contributed by atoms with van der Waals surface area (Å²) < 4.78 is 50.3. The summed E-state index contributed by atoms with van der Waals surface area (Å²) in [7, 11) is 0. The summed E-state index contributed by atoms with van der Waals surface area (Å²) in [5.41, 5.74) is -1.50. The lowest BCUT2D eigenvalue weighted by Crippen LogP contribution is -2.42. The summed E-state index contributed by atoms with van der Waals surface area (Å²) >= 11 is 0. The third-order valence-electron chi connectivity index (χ3n) is 4.68. The second kappa shape index (κ2) is 9.57. The molecule has 1 aliphatic rings. The molecule has 0 spiro atoms. The van der Waals surface area contributed by atoms with Crippen molar-refractivity contribution in [1.82, 2.24) is 4.90 Å². The van der Waals surface area contributed by atoms with Gasteiger partial charge in [-0.25, -0.2) is 9.59 Å². The summed E-state index contributed by atoms with van der Waals surface area (Å²) in [4.78, 5) is 25.6. The number of likely N-dealkylation sites (tertiary alicyclic amines) is 1. The van der Waals surface area contributed by atoms with Crippen LogP contribution in [-0.4, -0.2) is 48.8 Å². The molecular weight excluding hydrogens is 401 g/mol. The highest BCUT2D eigenvalue weighted by molar-refractivity contribution is 5.91. The second-order valence-corrected chi connectivity index (χ2v) is 8.27. The van der Waals surface area contributed by atoms with Gasteiger partial charge in [0.05, 0.1) is 17.7 Å². The number of rotatable bonds is 5. The van der Waals surface area contributed by atoms with Crippen molar-refractivity contribution in [3.05, 3.63) is 29.3 Å². The van der Waals surface area contributed by atoms with Crippen molar-refractivity contribution in [2.24, 2.45) is 5.92 Å². The Morgan fingerprint density at radius 2 is 1.80 bits per heavy atom. The van der Waals surface area contributed by atoms with Gasteiger partial charge in [-0.15, -0.1) is 0 Å². The molecule has 0 bridgehead atoms. The maximum Gasteiger partial charge on any atom is 0.418 e. The number of nitrogens with one attached hydrogen (secondary N) is 1. The van der Waals surface area contributed by atoms with Crippen LogP contribution in [0.25, 0.3) is 0 Å². The minimum Gasteiger partial charge on any atom is -0.462 e. The molecule has 30 heavy (non-hydrogen) atoms. The van der Waals surface area contributed by atoms with Crippen LogP contribution in [-0.2, 0) is 15.7 Å². The van der Waals surface area contributed by atoms with Gasteiger partial charge < -0.3 is 19.7 Å². The van der Waals surface area contributed by atoms with Crippen molar-refractivity contribution in [3.63, 3.8) is 0 Å². The molecular formula is C21H29F3N2O4. The van der Waals surface area contributed by atoms with E-state index in [1.165, 1.54) is 6.07 Å². The van der Waals surface area contributed by atoms with Gasteiger partial charge in [0.15, 0.2) is 0 Å². The average Bonchev–Trinajstić information content (AvgIpc) is 2.64. The first-order valence-electron chi connectivity index (χ1n) is 10.0. The maximum atomic E-state index is 13.4. The summed E-state index contributed by atoms with van der Waals surface area (Å²) in [5, 5.41) is 2.85. The number of nitrogens with zero attached hydrogens (tertiary/aromatic N) is 1. The minimum absolute atomic E-state index is 0.0621. The van der Waals surface area contributed by atoms with Crippen LogP contribution in [0.1, 0.15) is 56.5 Å². The number of benzene rings is 1. The van der Waals surface area contributed by atoms with Gasteiger partial charge in [0.2, 0.25) is 0 Å². The van der Waals surface area contributed by atoms with Gasteiger partial charge in [-0.3, -0.25) is 0 Å². The Kier molecular flexibility index (Phi) is 7.60. The molecule has 6 nitrogen and oxygen atoms in total. The normalized spacial score (nSPS) is 15.6. The Hall–Kier alpha value is -2.45. The van der Waals surface area contributed by atoms with E-state index in [4.69, 9.17) is 9.47 Å². The van der Waals surface area contributed by atoms with E-state index >= 15 is 0 Å². The summed E-state index contributed by atoms with van der Waals surface area (Å²) in [6.07, 6.45) is -3.64. The van der Waals surface area contributed by atoms with Crippen LogP contribution in [0.3, 0.4) is 0 Å². The van der Waals surface area contributed by atoms with E-state index in [0.717, 1.165) is 12.1 Å². The van der Waals surface area contributed by atoms with Gasteiger partial charge in [-0.2, -0.15) is 13.2 Å². The predicted octanol–water partition coefficient (Wildman–Crippen LogP) is 4.94. The number of esters is 1. The second-order valence-electron chi connectivity index (χ2n) is 8.27. The number of carbonyl (C=O) groups excluding carboxylic acids is 2. The van der Waals surface area contributed by atoms with Gasteiger partial charge in [-0.05, 0) is 64.7 Å². The first-order chi connectivity index (χ1) is 13.9. The summed E-state index contributed by atoms with van der Waals surface area (Å²) in [5.74, 6) is -0.573. The smallest absolute Gasteiger partial charge is 0.418 e. The zero-order chi connectivity index (χ0) is 22.5. The largest absolute Gasteiger partial charge is 0.462 e. The summed E-state index contributed by atoms with van der Waals surface area (Å²) in [6, 6.07) is 3.18.